The van der Waals surface area contributed by atoms with E-state index in [2.05, 4.69) is 22.7 Å². The molecule has 0 spiro atoms. The fourth-order valence-corrected chi connectivity index (χ4v) is 2.62. The lowest BCUT2D eigenvalue weighted by Gasteiger charge is -2.04. The zero-order chi connectivity index (χ0) is 15.5. The van der Waals surface area contributed by atoms with E-state index in [4.69, 9.17) is 0 Å². The standard InChI is InChI=1S/C18H18N2O2/c1-12(14-9-5-6-10-17(14)21)19-20-18(22)16-11-15(16)13-7-3-2-4-8-13/h2-10,15-16,21H,11H2,1H3,(H,20,22)/b19-12-/t15-,16+/m0/s1. The molecule has 0 saturated heterocycles. The molecule has 1 aliphatic rings. The van der Waals surface area contributed by atoms with Crippen LogP contribution in [0.15, 0.2) is 59.7 Å². The van der Waals surface area contributed by atoms with Gasteiger partial charge in [-0.05, 0) is 37.0 Å². The summed E-state index contributed by atoms with van der Waals surface area (Å²) in [7, 11) is 0. The topological polar surface area (TPSA) is 61.7 Å². The van der Waals surface area contributed by atoms with Crippen LogP contribution < -0.4 is 5.43 Å². The summed E-state index contributed by atoms with van der Waals surface area (Å²) in [6.07, 6.45) is 0.862. The Labute approximate surface area is 129 Å². The lowest BCUT2D eigenvalue weighted by Crippen LogP contribution is -2.21. The van der Waals surface area contributed by atoms with Crippen molar-refractivity contribution in [3.63, 3.8) is 0 Å². The lowest BCUT2D eigenvalue weighted by atomic mass is 10.1. The number of hydrogen-bond acceptors (Lipinski definition) is 3. The summed E-state index contributed by atoms with van der Waals surface area (Å²) in [5.41, 5.74) is 5.02. The summed E-state index contributed by atoms with van der Waals surface area (Å²) in [4.78, 5) is 12.1. The van der Waals surface area contributed by atoms with Gasteiger partial charge in [0.25, 0.3) is 0 Å². The van der Waals surface area contributed by atoms with Crippen molar-refractivity contribution in [2.45, 2.75) is 19.3 Å². The molecule has 0 radical (unpaired) electrons. The molecule has 2 aromatic carbocycles. The number of hydrogen-bond donors (Lipinski definition) is 2. The number of nitrogens with zero attached hydrogens (tertiary/aromatic N) is 1. The predicted octanol–water partition coefficient (Wildman–Crippen LogP) is 3.04. The van der Waals surface area contributed by atoms with E-state index in [1.807, 2.05) is 24.3 Å². The highest BCUT2D eigenvalue weighted by atomic mass is 16.3. The maximum Gasteiger partial charge on any atom is 0.243 e. The summed E-state index contributed by atoms with van der Waals surface area (Å²) < 4.78 is 0. The van der Waals surface area contributed by atoms with Crippen molar-refractivity contribution in [3.8, 4) is 5.75 Å². The van der Waals surface area contributed by atoms with Crippen LogP contribution >= 0.6 is 0 Å². The van der Waals surface area contributed by atoms with E-state index in [0.717, 1.165) is 6.42 Å². The van der Waals surface area contributed by atoms with Gasteiger partial charge in [0, 0.05) is 11.5 Å². The summed E-state index contributed by atoms with van der Waals surface area (Å²) in [5, 5.41) is 13.9. The number of phenols is 1. The van der Waals surface area contributed by atoms with Crippen molar-refractivity contribution >= 4 is 11.6 Å². The highest BCUT2D eigenvalue weighted by Crippen LogP contribution is 2.47. The van der Waals surface area contributed by atoms with Crippen LogP contribution in [0.1, 0.15) is 30.4 Å². The number of hydrazone groups is 1. The van der Waals surface area contributed by atoms with Gasteiger partial charge in [0.15, 0.2) is 0 Å². The molecule has 0 aromatic heterocycles. The van der Waals surface area contributed by atoms with E-state index < -0.39 is 0 Å². The van der Waals surface area contributed by atoms with Gasteiger partial charge < -0.3 is 5.11 Å². The first-order valence-corrected chi connectivity index (χ1v) is 7.34. The van der Waals surface area contributed by atoms with Crippen molar-refractivity contribution < 1.29 is 9.90 Å². The van der Waals surface area contributed by atoms with E-state index in [9.17, 15) is 9.90 Å². The summed E-state index contributed by atoms with van der Waals surface area (Å²) in [5.74, 6) is 0.375. The molecule has 1 fully saturated rings. The van der Waals surface area contributed by atoms with Crippen LogP contribution in [0.5, 0.6) is 5.75 Å². The van der Waals surface area contributed by atoms with E-state index in [-0.39, 0.29) is 17.6 Å². The molecule has 2 N–H and O–H groups in total. The summed E-state index contributed by atoms with van der Waals surface area (Å²) in [6.45, 7) is 1.76. The molecule has 1 aliphatic carbocycles. The van der Waals surface area contributed by atoms with Gasteiger partial charge in [0.05, 0.1) is 5.71 Å². The Bertz CT molecular complexity index is 710. The molecule has 0 heterocycles. The largest absolute Gasteiger partial charge is 0.507 e. The summed E-state index contributed by atoms with van der Waals surface area (Å²) >= 11 is 0. The smallest absolute Gasteiger partial charge is 0.243 e. The molecule has 0 unspecified atom stereocenters. The van der Waals surface area contributed by atoms with Crippen LogP contribution in [-0.4, -0.2) is 16.7 Å². The molecule has 0 aliphatic heterocycles. The second kappa shape index (κ2) is 6.02. The first kappa shape index (κ1) is 14.3. The Balaban J connectivity index is 1.62. The number of para-hydroxylation sites is 1. The number of rotatable bonds is 4. The fourth-order valence-electron chi connectivity index (χ4n) is 2.62. The Morgan fingerprint density at radius 3 is 2.55 bits per heavy atom. The number of benzene rings is 2. The van der Waals surface area contributed by atoms with Crippen LogP contribution in [0.3, 0.4) is 0 Å². The number of amides is 1. The van der Waals surface area contributed by atoms with Crippen LogP contribution in [0.4, 0.5) is 0 Å². The fraction of sp³-hybridized carbons (Fsp3) is 0.222. The minimum atomic E-state index is -0.0661. The molecule has 4 heteroatoms. The van der Waals surface area contributed by atoms with Crippen molar-refractivity contribution in [2.75, 3.05) is 0 Å². The molecular formula is C18H18N2O2. The van der Waals surface area contributed by atoms with E-state index in [1.165, 1.54) is 5.56 Å². The maximum atomic E-state index is 12.1. The van der Waals surface area contributed by atoms with E-state index in [1.54, 1.807) is 25.1 Å². The molecule has 2 atom stereocenters. The van der Waals surface area contributed by atoms with Gasteiger partial charge in [0.1, 0.15) is 5.75 Å². The Morgan fingerprint density at radius 1 is 1.14 bits per heavy atom. The molecule has 4 nitrogen and oxygen atoms in total. The molecular weight excluding hydrogens is 276 g/mol. The first-order chi connectivity index (χ1) is 10.7. The normalized spacial score (nSPS) is 20.5. The van der Waals surface area contributed by atoms with Gasteiger partial charge in [-0.3, -0.25) is 4.79 Å². The Kier molecular flexibility index (Phi) is 3.92. The van der Waals surface area contributed by atoms with Gasteiger partial charge in [-0.25, -0.2) is 5.43 Å². The number of carbonyl (C=O) groups is 1. The van der Waals surface area contributed by atoms with Gasteiger partial charge in [0.2, 0.25) is 5.91 Å². The van der Waals surface area contributed by atoms with Crippen molar-refractivity contribution in [1.29, 1.82) is 0 Å². The Morgan fingerprint density at radius 2 is 1.82 bits per heavy atom. The molecule has 1 saturated carbocycles. The second-order valence-electron chi connectivity index (χ2n) is 5.55. The number of aromatic hydroxyl groups is 1. The second-order valence-corrected chi connectivity index (χ2v) is 5.55. The van der Waals surface area contributed by atoms with Crippen LogP contribution in [0.25, 0.3) is 0 Å². The predicted molar refractivity (Wildman–Crippen MR) is 85.8 cm³/mol. The van der Waals surface area contributed by atoms with Gasteiger partial charge in [-0.2, -0.15) is 5.10 Å². The SMILES string of the molecule is C/C(=N/NC(=O)[C@@H]1C[C@H]1c1ccccc1)c1ccccc1O. The third-order valence-corrected chi connectivity index (χ3v) is 3.98. The highest BCUT2D eigenvalue weighted by molar-refractivity contribution is 6.01. The zero-order valence-electron chi connectivity index (χ0n) is 12.4. The van der Waals surface area contributed by atoms with E-state index >= 15 is 0 Å². The van der Waals surface area contributed by atoms with Crippen molar-refractivity contribution in [2.24, 2.45) is 11.0 Å². The molecule has 3 rings (SSSR count). The quantitative estimate of drug-likeness (QED) is 0.672. The third-order valence-electron chi connectivity index (χ3n) is 3.98. The molecule has 22 heavy (non-hydrogen) atoms. The minimum absolute atomic E-state index is 0.0108. The van der Waals surface area contributed by atoms with E-state index in [0.29, 0.717) is 17.2 Å². The van der Waals surface area contributed by atoms with Crippen LogP contribution in [-0.2, 0) is 4.79 Å². The number of phenolic OH excluding ortho intramolecular Hbond substituents is 1. The van der Waals surface area contributed by atoms with Crippen LogP contribution in [0, 0.1) is 5.92 Å². The number of nitrogens with one attached hydrogen (secondary N) is 1. The van der Waals surface area contributed by atoms with Crippen LogP contribution in [0.2, 0.25) is 0 Å². The van der Waals surface area contributed by atoms with Gasteiger partial charge >= 0.3 is 0 Å². The monoisotopic (exact) mass is 294 g/mol. The molecule has 2 aromatic rings. The minimum Gasteiger partial charge on any atom is -0.507 e. The van der Waals surface area contributed by atoms with Gasteiger partial charge in [-0.1, -0.05) is 42.5 Å². The highest BCUT2D eigenvalue weighted by Gasteiger charge is 2.43. The van der Waals surface area contributed by atoms with Crippen molar-refractivity contribution in [3.05, 3.63) is 65.7 Å². The zero-order valence-corrected chi connectivity index (χ0v) is 12.4. The average molecular weight is 294 g/mol. The van der Waals surface area contributed by atoms with Gasteiger partial charge in [-0.15, -0.1) is 0 Å². The lowest BCUT2D eigenvalue weighted by molar-refractivity contribution is -0.122. The Hall–Kier alpha value is -2.62. The average Bonchev–Trinajstić information content (AvgIpc) is 3.34. The summed E-state index contributed by atoms with van der Waals surface area (Å²) in [6, 6.07) is 17.0. The number of carbonyl (C=O) groups excluding carboxylic acids is 1. The maximum absolute atomic E-state index is 12.1. The molecule has 0 bridgehead atoms. The third kappa shape index (κ3) is 3.01. The first-order valence-electron chi connectivity index (χ1n) is 7.34. The van der Waals surface area contributed by atoms with Crippen molar-refractivity contribution in [1.82, 2.24) is 5.43 Å². The molecule has 112 valence electrons. The molecule has 1 amide bonds.